The average Bonchev–Trinajstić information content (AvgIpc) is 2.62. The summed E-state index contributed by atoms with van der Waals surface area (Å²) in [5.74, 6) is 0.609. The van der Waals surface area contributed by atoms with Crippen LogP contribution in [0, 0.1) is 11.7 Å². The number of alkyl carbamates (subject to hydrolysis) is 1. The Morgan fingerprint density at radius 1 is 1.25 bits per heavy atom. The number of hydrogen-bond donors (Lipinski definition) is 1. The van der Waals surface area contributed by atoms with Gasteiger partial charge in [0.2, 0.25) is 5.91 Å². The Labute approximate surface area is 166 Å². The number of nitrogens with one attached hydrogen (secondary N) is 1. The van der Waals surface area contributed by atoms with Crippen LogP contribution in [0.4, 0.5) is 9.18 Å². The highest BCUT2D eigenvalue weighted by atomic mass is 19.1. The Kier molecular flexibility index (Phi) is 8.08. The summed E-state index contributed by atoms with van der Waals surface area (Å²) in [7, 11) is 0. The van der Waals surface area contributed by atoms with Crippen LogP contribution in [0.2, 0.25) is 0 Å². The van der Waals surface area contributed by atoms with Crippen molar-refractivity contribution in [1.29, 1.82) is 0 Å². The van der Waals surface area contributed by atoms with Gasteiger partial charge in [-0.25, -0.2) is 9.18 Å². The van der Waals surface area contributed by atoms with Crippen LogP contribution in [-0.4, -0.2) is 48.7 Å². The summed E-state index contributed by atoms with van der Waals surface area (Å²) >= 11 is 0. The summed E-state index contributed by atoms with van der Waals surface area (Å²) in [5.41, 5.74) is -0.502. The van der Waals surface area contributed by atoms with Gasteiger partial charge in [-0.15, -0.1) is 0 Å². The van der Waals surface area contributed by atoms with Gasteiger partial charge in [0.1, 0.15) is 17.2 Å². The van der Waals surface area contributed by atoms with Crippen molar-refractivity contribution in [3.8, 4) is 5.75 Å². The molecule has 1 saturated heterocycles. The Balaban J connectivity index is 1.59. The quantitative estimate of drug-likeness (QED) is 0.715. The lowest BCUT2D eigenvalue weighted by Crippen LogP contribution is -2.42. The SMILES string of the molecule is CC(C)(C)OC(=O)NCC1CCN(C(=O)CCCOc2cccc(F)c2)CC1. The Morgan fingerprint density at radius 3 is 2.61 bits per heavy atom. The summed E-state index contributed by atoms with van der Waals surface area (Å²) in [6.07, 6.45) is 2.33. The van der Waals surface area contributed by atoms with E-state index in [0.29, 0.717) is 50.8 Å². The number of likely N-dealkylation sites (tertiary alicyclic amines) is 1. The normalized spacial score (nSPS) is 15.2. The van der Waals surface area contributed by atoms with Gasteiger partial charge in [0, 0.05) is 32.1 Å². The topological polar surface area (TPSA) is 67.9 Å². The Bertz CT molecular complexity index is 652. The number of carbonyl (C=O) groups is 2. The molecule has 28 heavy (non-hydrogen) atoms. The molecular weight excluding hydrogens is 363 g/mol. The molecule has 1 aliphatic heterocycles. The largest absolute Gasteiger partial charge is 0.493 e. The van der Waals surface area contributed by atoms with Crippen molar-refractivity contribution in [2.45, 2.75) is 52.1 Å². The molecule has 1 fully saturated rings. The molecule has 1 N–H and O–H groups in total. The number of amides is 2. The van der Waals surface area contributed by atoms with Crippen molar-refractivity contribution in [2.75, 3.05) is 26.2 Å². The first-order valence-electron chi connectivity index (χ1n) is 9.86. The van der Waals surface area contributed by atoms with Crippen LogP contribution in [0.1, 0.15) is 46.5 Å². The lowest BCUT2D eigenvalue weighted by atomic mass is 9.96. The highest BCUT2D eigenvalue weighted by Gasteiger charge is 2.23. The zero-order valence-corrected chi connectivity index (χ0v) is 17.0. The first-order valence-corrected chi connectivity index (χ1v) is 9.86. The Hall–Kier alpha value is -2.31. The molecule has 1 aliphatic rings. The van der Waals surface area contributed by atoms with Gasteiger partial charge in [0.15, 0.2) is 0 Å². The molecule has 0 atom stereocenters. The van der Waals surface area contributed by atoms with Gasteiger partial charge in [-0.3, -0.25) is 4.79 Å². The van der Waals surface area contributed by atoms with Crippen LogP contribution in [0.5, 0.6) is 5.75 Å². The van der Waals surface area contributed by atoms with Crippen LogP contribution in [0.25, 0.3) is 0 Å². The molecule has 0 spiro atoms. The summed E-state index contributed by atoms with van der Waals surface area (Å²) in [5, 5.41) is 2.81. The standard InChI is InChI=1S/C21H31FN2O4/c1-21(2,3)28-20(26)23-15-16-9-11-24(12-10-16)19(25)8-5-13-27-18-7-4-6-17(22)14-18/h4,6-7,14,16H,5,8-13,15H2,1-3H3,(H,23,26). The number of carbonyl (C=O) groups excluding carboxylic acids is 2. The molecular formula is C21H31FN2O4. The number of hydrogen-bond acceptors (Lipinski definition) is 4. The van der Waals surface area contributed by atoms with E-state index in [1.165, 1.54) is 12.1 Å². The number of halogens is 1. The number of nitrogens with zero attached hydrogens (tertiary/aromatic N) is 1. The molecule has 0 aromatic heterocycles. The minimum absolute atomic E-state index is 0.112. The van der Waals surface area contributed by atoms with E-state index in [2.05, 4.69) is 5.32 Å². The van der Waals surface area contributed by atoms with E-state index >= 15 is 0 Å². The van der Waals surface area contributed by atoms with Crippen molar-refractivity contribution in [2.24, 2.45) is 5.92 Å². The van der Waals surface area contributed by atoms with Gasteiger partial charge < -0.3 is 19.7 Å². The third kappa shape index (κ3) is 8.15. The summed E-state index contributed by atoms with van der Waals surface area (Å²) in [6, 6.07) is 5.99. The van der Waals surface area contributed by atoms with E-state index < -0.39 is 11.7 Å². The van der Waals surface area contributed by atoms with Crippen molar-refractivity contribution >= 4 is 12.0 Å². The molecule has 2 rings (SSSR count). The molecule has 0 radical (unpaired) electrons. The summed E-state index contributed by atoms with van der Waals surface area (Å²) in [4.78, 5) is 25.9. The molecule has 0 saturated carbocycles. The van der Waals surface area contributed by atoms with Crippen LogP contribution < -0.4 is 10.1 Å². The molecule has 0 bridgehead atoms. The molecule has 156 valence electrons. The second-order valence-corrected chi connectivity index (χ2v) is 8.12. The molecule has 2 amide bonds. The summed E-state index contributed by atoms with van der Waals surface area (Å²) < 4.78 is 23.8. The van der Waals surface area contributed by atoms with Gasteiger partial charge in [-0.1, -0.05) is 6.07 Å². The van der Waals surface area contributed by atoms with Crippen molar-refractivity contribution in [1.82, 2.24) is 10.2 Å². The number of rotatable bonds is 7. The van der Waals surface area contributed by atoms with E-state index in [1.807, 2.05) is 25.7 Å². The number of ether oxygens (including phenoxy) is 2. The van der Waals surface area contributed by atoms with E-state index in [9.17, 15) is 14.0 Å². The Morgan fingerprint density at radius 2 is 1.96 bits per heavy atom. The molecule has 1 aromatic carbocycles. The predicted octanol–water partition coefficient (Wildman–Crippen LogP) is 3.75. The fraction of sp³-hybridized carbons (Fsp3) is 0.619. The monoisotopic (exact) mass is 394 g/mol. The molecule has 6 nitrogen and oxygen atoms in total. The first-order chi connectivity index (χ1) is 13.2. The molecule has 1 heterocycles. The zero-order valence-electron chi connectivity index (χ0n) is 17.0. The molecule has 0 unspecified atom stereocenters. The second-order valence-electron chi connectivity index (χ2n) is 8.12. The maximum atomic E-state index is 13.1. The molecule has 7 heteroatoms. The fourth-order valence-electron chi connectivity index (χ4n) is 3.06. The predicted molar refractivity (Wildman–Crippen MR) is 105 cm³/mol. The van der Waals surface area contributed by atoms with Crippen molar-refractivity contribution < 1.29 is 23.5 Å². The van der Waals surface area contributed by atoms with Crippen LogP contribution in [-0.2, 0) is 9.53 Å². The van der Waals surface area contributed by atoms with Gasteiger partial charge in [-0.05, 0) is 58.1 Å². The van der Waals surface area contributed by atoms with E-state index in [-0.39, 0.29) is 11.7 Å². The lowest BCUT2D eigenvalue weighted by molar-refractivity contribution is -0.132. The van der Waals surface area contributed by atoms with Gasteiger partial charge in [-0.2, -0.15) is 0 Å². The van der Waals surface area contributed by atoms with Crippen LogP contribution in [0.15, 0.2) is 24.3 Å². The summed E-state index contributed by atoms with van der Waals surface area (Å²) in [6.45, 7) is 7.85. The minimum atomic E-state index is -0.502. The fourth-order valence-corrected chi connectivity index (χ4v) is 3.06. The van der Waals surface area contributed by atoms with E-state index in [4.69, 9.17) is 9.47 Å². The molecule has 0 aliphatic carbocycles. The minimum Gasteiger partial charge on any atom is -0.493 e. The van der Waals surface area contributed by atoms with E-state index in [1.54, 1.807) is 12.1 Å². The van der Waals surface area contributed by atoms with Gasteiger partial charge in [0.25, 0.3) is 0 Å². The first kappa shape index (κ1) is 22.0. The third-order valence-electron chi connectivity index (χ3n) is 4.50. The third-order valence-corrected chi connectivity index (χ3v) is 4.50. The van der Waals surface area contributed by atoms with E-state index in [0.717, 1.165) is 12.8 Å². The number of benzene rings is 1. The van der Waals surface area contributed by atoms with Crippen LogP contribution in [0.3, 0.4) is 0 Å². The lowest BCUT2D eigenvalue weighted by Gasteiger charge is -2.32. The average molecular weight is 394 g/mol. The highest BCUT2D eigenvalue weighted by molar-refractivity contribution is 5.76. The van der Waals surface area contributed by atoms with Gasteiger partial charge in [0.05, 0.1) is 6.61 Å². The highest BCUT2D eigenvalue weighted by Crippen LogP contribution is 2.18. The van der Waals surface area contributed by atoms with Crippen molar-refractivity contribution in [3.63, 3.8) is 0 Å². The number of piperidine rings is 1. The smallest absolute Gasteiger partial charge is 0.407 e. The second kappa shape index (κ2) is 10.3. The zero-order chi connectivity index (χ0) is 20.6. The van der Waals surface area contributed by atoms with Crippen molar-refractivity contribution in [3.05, 3.63) is 30.1 Å². The maximum Gasteiger partial charge on any atom is 0.407 e. The maximum absolute atomic E-state index is 13.1. The molecule has 1 aromatic rings. The van der Waals surface area contributed by atoms with Gasteiger partial charge >= 0.3 is 6.09 Å². The van der Waals surface area contributed by atoms with Crippen LogP contribution >= 0.6 is 0 Å².